The summed E-state index contributed by atoms with van der Waals surface area (Å²) in [6.45, 7) is 11.5. The van der Waals surface area contributed by atoms with Crippen LogP contribution in [-0.4, -0.2) is 27.0 Å². The van der Waals surface area contributed by atoms with Crippen LogP contribution >= 0.6 is 0 Å². The largest absolute Gasteiger partial charge is 0.545 e. The number of allylic oxidation sites excluding steroid dienone is 1. The average Bonchev–Trinajstić information content (AvgIpc) is 2.61. The van der Waals surface area contributed by atoms with E-state index in [1.54, 1.807) is 0 Å². The van der Waals surface area contributed by atoms with E-state index in [-0.39, 0.29) is 17.4 Å². The minimum atomic E-state index is -2.05. The van der Waals surface area contributed by atoms with Crippen LogP contribution in [0.2, 0.25) is 18.1 Å². The molecule has 1 atom stereocenters. The smallest absolute Gasteiger partial charge is 0.308 e. The standard InChI is InChI=1S/C22H34O4Si/c1-21(2,3)27(5,6)26-19-14-10-11-15-22(19,16-20(23)24-4)25-17-18-12-8-7-9-13-18/h7-9,12-14H,10-11,15-17H2,1-6H3/t22-/m1/s1. The van der Waals surface area contributed by atoms with Crippen molar-refractivity contribution in [3.8, 4) is 0 Å². The minimum absolute atomic E-state index is 0.0712. The first-order valence-corrected chi connectivity index (χ1v) is 12.6. The van der Waals surface area contributed by atoms with Gasteiger partial charge in [0, 0.05) is 0 Å². The molecule has 0 saturated carbocycles. The molecular formula is C22H34O4Si. The molecule has 0 radical (unpaired) electrons. The first-order valence-electron chi connectivity index (χ1n) is 9.74. The van der Waals surface area contributed by atoms with E-state index in [1.807, 2.05) is 30.3 Å². The van der Waals surface area contributed by atoms with Gasteiger partial charge < -0.3 is 13.9 Å². The van der Waals surface area contributed by atoms with Crippen molar-refractivity contribution in [2.24, 2.45) is 0 Å². The van der Waals surface area contributed by atoms with Crippen molar-refractivity contribution in [3.05, 3.63) is 47.7 Å². The molecule has 27 heavy (non-hydrogen) atoms. The number of ether oxygens (including phenoxy) is 2. The van der Waals surface area contributed by atoms with Gasteiger partial charge in [0.1, 0.15) is 11.4 Å². The van der Waals surface area contributed by atoms with E-state index in [0.29, 0.717) is 6.61 Å². The second kappa shape index (κ2) is 8.61. The number of rotatable bonds is 7. The quantitative estimate of drug-likeness (QED) is 0.449. The summed E-state index contributed by atoms with van der Waals surface area (Å²) in [5.74, 6) is 0.552. The SMILES string of the molecule is COC(=O)C[C@]1(OCc2ccccc2)CCCC=C1O[Si](C)(C)C(C)(C)C. The summed E-state index contributed by atoms with van der Waals surface area (Å²) in [5.41, 5.74) is 0.329. The molecule has 0 aromatic heterocycles. The summed E-state index contributed by atoms with van der Waals surface area (Å²) in [5, 5.41) is 0.0712. The van der Waals surface area contributed by atoms with Crippen molar-refractivity contribution in [1.29, 1.82) is 0 Å². The van der Waals surface area contributed by atoms with Crippen molar-refractivity contribution >= 4 is 14.3 Å². The molecule has 0 aliphatic heterocycles. The Balaban J connectivity index is 2.31. The van der Waals surface area contributed by atoms with Gasteiger partial charge in [0.25, 0.3) is 0 Å². The Morgan fingerprint density at radius 1 is 1.19 bits per heavy atom. The fourth-order valence-corrected chi connectivity index (χ4v) is 4.09. The van der Waals surface area contributed by atoms with Crippen LogP contribution in [-0.2, 0) is 25.3 Å². The Bertz CT molecular complexity index is 661. The maximum atomic E-state index is 12.2. The second-order valence-electron chi connectivity index (χ2n) is 8.84. The van der Waals surface area contributed by atoms with Gasteiger partial charge in [0.15, 0.2) is 0 Å². The molecule has 1 aromatic carbocycles. The Kier molecular flexibility index (Phi) is 6.92. The normalized spacial score (nSPS) is 20.7. The molecule has 0 amide bonds. The maximum Gasteiger partial charge on any atom is 0.308 e. The number of hydrogen-bond donors (Lipinski definition) is 0. The van der Waals surface area contributed by atoms with Gasteiger partial charge in [-0.25, -0.2) is 0 Å². The summed E-state index contributed by atoms with van der Waals surface area (Å²) in [7, 11) is -0.626. The van der Waals surface area contributed by atoms with Gasteiger partial charge in [-0.1, -0.05) is 51.1 Å². The van der Waals surface area contributed by atoms with Crippen LogP contribution in [0.4, 0.5) is 0 Å². The highest BCUT2D eigenvalue weighted by Gasteiger charge is 2.46. The molecular weight excluding hydrogens is 356 g/mol. The zero-order chi connectivity index (χ0) is 20.1. The van der Waals surface area contributed by atoms with E-state index in [0.717, 1.165) is 30.6 Å². The molecule has 150 valence electrons. The van der Waals surface area contributed by atoms with Crippen molar-refractivity contribution in [1.82, 2.24) is 0 Å². The maximum absolute atomic E-state index is 12.2. The van der Waals surface area contributed by atoms with E-state index in [9.17, 15) is 4.79 Å². The van der Waals surface area contributed by atoms with Gasteiger partial charge in [-0.15, -0.1) is 0 Å². The van der Waals surface area contributed by atoms with Crippen molar-refractivity contribution < 1.29 is 18.7 Å². The summed E-state index contributed by atoms with van der Waals surface area (Å²) in [6, 6.07) is 10.0. The Labute approximate surface area is 165 Å². The molecule has 0 unspecified atom stereocenters. The number of hydrogen-bond acceptors (Lipinski definition) is 4. The Morgan fingerprint density at radius 3 is 2.44 bits per heavy atom. The summed E-state index contributed by atoms with van der Waals surface area (Å²) < 4.78 is 18.1. The third-order valence-corrected chi connectivity index (χ3v) is 10.1. The fraction of sp³-hybridized carbons (Fsp3) is 0.591. The van der Waals surface area contributed by atoms with Gasteiger partial charge in [0.05, 0.1) is 20.1 Å². The molecule has 0 heterocycles. The van der Waals surface area contributed by atoms with Gasteiger partial charge in [-0.3, -0.25) is 4.79 Å². The zero-order valence-corrected chi connectivity index (χ0v) is 18.6. The highest BCUT2D eigenvalue weighted by molar-refractivity contribution is 6.74. The predicted molar refractivity (Wildman–Crippen MR) is 111 cm³/mol. The molecule has 0 spiro atoms. The van der Waals surface area contributed by atoms with Crippen molar-refractivity contribution in [3.63, 3.8) is 0 Å². The topological polar surface area (TPSA) is 44.8 Å². The molecule has 5 heteroatoms. The molecule has 0 saturated heterocycles. The van der Waals surface area contributed by atoms with Crippen LogP contribution in [0.5, 0.6) is 0 Å². The summed E-state index contributed by atoms with van der Waals surface area (Å²) in [6.07, 6.45) is 4.97. The van der Waals surface area contributed by atoms with E-state index in [1.165, 1.54) is 7.11 Å². The van der Waals surface area contributed by atoms with Crippen LogP contribution in [0.1, 0.15) is 52.0 Å². The fourth-order valence-electron chi connectivity index (χ4n) is 2.96. The summed E-state index contributed by atoms with van der Waals surface area (Å²) >= 11 is 0. The van der Waals surface area contributed by atoms with Crippen molar-refractivity contribution in [2.75, 3.05) is 7.11 Å². The number of esters is 1. The molecule has 1 aromatic rings. The third-order valence-electron chi connectivity index (χ3n) is 5.75. The Hall–Kier alpha value is -1.59. The average molecular weight is 391 g/mol. The lowest BCUT2D eigenvalue weighted by Gasteiger charge is -2.44. The van der Waals surface area contributed by atoms with E-state index < -0.39 is 13.9 Å². The zero-order valence-electron chi connectivity index (χ0n) is 17.6. The van der Waals surface area contributed by atoms with Crippen LogP contribution in [0.3, 0.4) is 0 Å². The first-order chi connectivity index (χ1) is 12.6. The highest BCUT2D eigenvalue weighted by atomic mass is 28.4. The lowest BCUT2D eigenvalue weighted by molar-refractivity contribution is -0.150. The van der Waals surface area contributed by atoms with E-state index in [2.05, 4.69) is 39.9 Å². The number of methoxy groups -OCH3 is 1. The van der Waals surface area contributed by atoms with E-state index in [4.69, 9.17) is 13.9 Å². The molecule has 2 rings (SSSR count). The molecule has 1 aliphatic carbocycles. The lowest BCUT2D eigenvalue weighted by Crippen LogP contribution is -2.47. The predicted octanol–water partition coefficient (Wildman–Crippen LogP) is 5.59. The van der Waals surface area contributed by atoms with Gasteiger partial charge >= 0.3 is 5.97 Å². The number of carbonyl (C=O) groups excluding carboxylic acids is 1. The van der Waals surface area contributed by atoms with Gasteiger partial charge in [-0.2, -0.15) is 0 Å². The third kappa shape index (κ3) is 5.45. The molecule has 4 nitrogen and oxygen atoms in total. The number of benzene rings is 1. The van der Waals surface area contributed by atoms with Gasteiger partial charge in [-0.05, 0) is 49.0 Å². The van der Waals surface area contributed by atoms with E-state index >= 15 is 0 Å². The van der Waals surface area contributed by atoms with Crippen LogP contribution in [0, 0.1) is 0 Å². The second-order valence-corrected chi connectivity index (χ2v) is 13.6. The van der Waals surface area contributed by atoms with Crippen LogP contribution in [0.25, 0.3) is 0 Å². The minimum Gasteiger partial charge on any atom is -0.545 e. The van der Waals surface area contributed by atoms with Crippen LogP contribution in [0.15, 0.2) is 42.2 Å². The lowest BCUT2D eigenvalue weighted by atomic mass is 9.85. The molecule has 1 aliphatic rings. The molecule has 0 fully saturated rings. The number of carbonyl (C=O) groups is 1. The summed E-state index contributed by atoms with van der Waals surface area (Å²) in [4.78, 5) is 12.2. The monoisotopic (exact) mass is 390 g/mol. The molecule has 0 N–H and O–H groups in total. The first kappa shape index (κ1) is 21.7. The highest BCUT2D eigenvalue weighted by Crippen LogP contribution is 2.44. The van der Waals surface area contributed by atoms with Crippen molar-refractivity contribution in [2.45, 2.75) is 76.8 Å². The van der Waals surface area contributed by atoms with Gasteiger partial charge in [0.2, 0.25) is 8.32 Å². The Morgan fingerprint density at radius 2 is 1.85 bits per heavy atom. The van der Waals surface area contributed by atoms with Crippen LogP contribution < -0.4 is 0 Å². The molecule has 0 bridgehead atoms.